The fourth-order valence-electron chi connectivity index (χ4n) is 3.38. The summed E-state index contributed by atoms with van der Waals surface area (Å²) in [5.41, 5.74) is 6.82. The number of amides is 1. The lowest BCUT2D eigenvalue weighted by Gasteiger charge is -2.41. The van der Waals surface area contributed by atoms with Crippen molar-refractivity contribution in [2.24, 2.45) is 0 Å². The van der Waals surface area contributed by atoms with Gasteiger partial charge in [-0.15, -0.1) is 0 Å². The van der Waals surface area contributed by atoms with Crippen LogP contribution in [-0.4, -0.2) is 52.4 Å². The number of fused-ring (bicyclic) bond motifs is 1. The Kier molecular flexibility index (Phi) is 6.98. The second-order valence-electron chi connectivity index (χ2n) is 8.45. The zero-order chi connectivity index (χ0) is 22.8. The van der Waals surface area contributed by atoms with Crippen molar-refractivity contribution in [2.75, 3.05) is 35.7 Å². The van der Waals surface area contributed by atoms with E-state index in [4.69, 9.17) is 27.2 Å². The van der Waals surface area contributed by atoms with Crippen LogP contribution >= 0.6 is 11.6 Å². The van der Waals surface area contributed by atoms with Crippen LogP contribution in [0.2, 0.25) is 5.02 Å². The average molecular weight is 452 g/mol. The number of nitrogens with one attached hydrogen (secondary N) is 1. The second-order valence-corrected chi connectivity index (χ2v) is 8.86. The highest BCUT2D eigenvalue weighted by Gasteiger charge is 2.31. The summed E-state index contributed by atoms with van der Waals surface area (Å²) in [7, 11) is 0. The number of aliphatic hydroxyl groups excluding tert-OH is 1. The Balaban J connectivity index is 0.000000330. The van der Waals surface area contributed by atoms with Crippen molar-refractivity contribution in [3.8, 4) is 11.3 Å². The smallest absolute Gasteiger partial charge is 0.243 e. The van der Waals surface area contributed by atoms with Gasteiger partial charge in [-0.3, -0.25) is 4.79 Å². The fourth-order valence-corrected chi connectivity index (χ4v) is 3.57. The summed E-state index contributed by atoms with van der Waals surface area (Å²) in [6.45, 7) is 7.49. The molecule has 0 bridgehead atoms. The minimum Gasteiger partial charge on any atom is -0.391 e. The standard InChI is InChI=1S/C16H17ClFN5O.C5H10O2/c1-16(2,3)23-7-13(24)21-11-5-10(18)8(4-12(11)23)14-9(17)6-20-15(19)22-14;6-5-2-1-3-7-4-5/h4-6H,7H2,1-3H3,(H,21,24)(H2,19,20,22);5-6H,1-4H2. The molecule has 2 aliphatic rings. The number of aromatic nitrogens is 2. The van der Waals surface area contributed by atoms with Crippen LogP contribution in [0.4, 0.5) is 21.7 Å². The predicted molar refractivity (Wildman–Crippen MR) is 119 cm³/mol. The average Bonchev–Trinajstić information content (AvgIpc) is 2.69. The van der Waals surface area contributed by atoms with E-state index >= 15 is 0 Å². The highest BCUT2D eigenvalue weighted by atomic mass is 35.5. The third-order valence-electron chi connectivity index (χ3n) is 4.92. The van der Waals surface area contributed by atoms with Gasteiger partial charge in [-0.05, 0) is 39.7 Å². The Labute approximate surface area is 185 Å². The maximum atomic E-state index is 14.6. The number of nitrogens with zero attached hydrogens (tertiary/aromatic N) is 3. The first-order valence-electron chi connectivity index (χ1n) is 10.0. The largest absolute Gasteiger partial charge is 0.391 e. The van der Waals surface area contributed by atoms with Crippen molar-refractivity contribution in [3.05, 3.63) is 29.2 Å². The number of benzene rings is 1. The molecule has 168 valence electrons. The van der Waals surface area contributed by atoms with Crippen LogP contribution in [0.15, 0.2) is 18.3 Å². The molecule has 0 spiro atoms. The van der Waals surface area contributed by atoms with Gasteiger partial charge in [0.1, 0.15) is 5.82 Å². The van der Waals surface area contributed by atoms with E-state index in [0.29, 0.717) is 18.0 Å². The zero-order valence-corrected chi connectivity index (χ0v) is 18.5. The van der Waals surface area contributed by atoms with Gasteiger partial charge in [0.25, 0.3) is 0 Å². The molecule has 0 saturated carbocycles. The van der Waals surface area contributed by atoms with Crippen LogP contribution in [0.1, 0.15) is 33.6 Å². The molecular weight excluding hydrogens is 425 g/mol. The molecule has 1 unspecified atom stereocenters. The number of rotatable bonds is 1. The lowest BCUT2D eigenvalue weighted by Crippen LogP contribution is -2.49. The van der Waals surface area contributed by atoms with Gasteiger partial charge in [-0.25, -0.2) is 14.4 Å². The van der Waals surface area contributed by atoms with Crippen molar-refractivity contribution in [1.82, 2.24) is 9.97 Å². The molecule has 4 N–H and O–H groups in total. The molecule has 1 atom stereocenters. The van der Waals surface area contributed by atoms with E-state index < -0.39 is 5.82 Å². The van der Waals surface area contributed by atoms with E-state index in [2.05, 4.69) is 15.3 Å². The van der Waals surface area contributed by atoms with Crippen molar-refractivity contribution in [2.45, 2.75) is 45.3 Å². The molecule has 4 rings (SSSR count). The third kappa shape index (κ3) is 5.61. The summed E-state index contributed by atoms with van der Waals surface area (Å²) < 4.78 is 19.5. The van der Waals surface area contributed by atoms with E-state index in [1.807, 2.05) is 25.7 Å². The quantitative estimate of drug-likeness (QED) is 0.609. The SMILES string of the molecule is CC(C)(C)N1CC(=O)Nc2cc(F)c(-c3nc(N)ncc3Cl)cc21.OC1CCCOC1. The van der Waals surface area contributed by atoms with E-state index in [-0.39, 0.29) is 46.3 Å². The van der Waals surface area contributed by atoms with E-state index in [0.717, 1.165) is 19.4 Å². The fraction of sp³-hybridized carbons (Fsp3) is 0.476. The molecular formula is C21H27ClFN5O3. The van der Waals surface area contributed by atoms with E-state index in [1.54, 1.807) is 6.07 Å². The number of nitrogens with two attached hydrogens (primary N) is 1. The van der Waals surface area contributed by atoms with Gasteiger partial charge < -0.3 is 25.8 Å². The van der Waals surface area contributed by atoms with Crippen LogP contribution in [0.3, 0.4) is 0 Å². The van der Waals surface area contributed by atoms with Gasteiger partial charge >= 0.3 is 0 Å². The summed E-state index contributed by atoms with van der Waals surface area (Å²) in [6, 6.07) is 2.90. The van der Waals surface area contributed by atoms with Crippen LogP contribution in [0.25, 0.3) is 11.3 Å². The van der Waals surface area contributed by atoms with Gasteiger partial charge in [0.15, 0.2) is 0 Å². The van der Waals surface area contributed by atoms with Crippen molar-refractivity contribution in [1.29, 1.82) is 0 Å². The lowest BCUT2D eigenvalue weighted by molar-refractivity contribution is -0.115. The molecule has 0 aliphatic carbocycles. The minimum atomic E-state index is -0.551. The molecule has 10 heteroatoms. The molecule has 1 saturated heterocycles. The molecule has 31 heavy (non-hydrogen) atoms. The molecule has 2 aliphatic heterocycles. The topological polar surface area (TPSA) is 114 Å². The summed E-state index contributed by atoms with van der Waals surface area (Å²) in [4.78, 5) is 21.7. The van der Waals surface area contributed by atoms with Crippen molar-refractivity contribution < 1.29 is 19.0 Å². The van der Waals surface area contributed by atoms with E-state index in [1.165, 1.54) is 12.3 Å². The van der Waals surface area contributed by atoms with Crippen molar-refractivity contribution in [3.63, 3.8) is 0 Å². The molecule has 1 fully saturated rings. The Morgan fingerprint density at radius 2 is 2.13 bits per heavy atom. The number of aliphatic hydroxyl groups is 1. The summed E-state index contributed by atoms with van der Waals surface area (Å²) >= 11 is 6.10. The Morgan fingerprint density at radius 3 is 2.71 bits per heavy atom. The number of anilines is 3. The predicted octanol–water partition coefficient (Wildman–Crippen LogP) is 3.23. The molecule has 3 heterocycles. The van der Waals surface area contributed by atoms with Gasteiger partial charge in [-0.2, -0.15) is 0 Å². The molecule has 1 aromatic carbocycles. The van der Waals surface area contributed by atoms with Gasteiger partial charge in [0.2, 0.25) is 11.9 Å². The number of nitrogen functional groups attached to an aromatic ring is 1. The van der Waals surface area contributed by atoms with Gasteiger partial charge in [0, 0.05) is 23.8 Å². The Hall–Kier alpha value is -2.49. The zero-order valence-electron chi connectivity index (χ0n) is 17.8. The lowest BCUT2D eigenvalue weighted by atomic mass is 10.00. The van der Waals surface area contributed by atoms with Crippen LogP contribution in [0.5, 0.6) is 0 Å². The number of halogens is 2. The number of carbonyl (C=O) groups excluding carboxylic acids is 1. The van der Waals surface area contributed by atoms with E-state index in [9.17, 15) is 9.18 Å². The second kappa shape index (κ2) is 9.33. The van der Waals surface area contributed by atoms with Crippen molar-refractivity contribution >= 4 is 34.8 Å². The van der Waals surface area contributed by atoms with Crippen LogP contribution in [-0.2, 0) is 9.53 Å². The minimum absolute atomic E-state index is 0.00695. The van der Waals surface area contributed by atoms with Gasteiger partial charge in [-0.1, -0.05) is 11.6 Å². The normalized spacial score (nSPS) is 18.6. The first-order chi connectivity index (χ1) is 14.6. The molecule has 1 amide bonds. The van der Waals surface area contributed by atoms with Crippen LogP contribution < -0.4 is 16.0 Å². The molecule has 2 aromatic rings. The number of hydrogen-bond donors (Lipinski definition) is 3. The highest BCUT2D eigenvalue weighted by Crippen LogP contribution is 2.40. The number of ether oxygens (including phenoxy) is 1. The molecule has 1 aromatic heterocycles. The highest BCUT2D eigenvalue weighted by molar-refractivity contribution is 6.33. The molecule has 8 nitrogen and oxygen atoms in total. The number of carbonyl (C=O) groups is 1. The van der Waals surface area contributed by atoms with Gasteiger partial charge in [0.05, 0.1) is 47.5 Å². The summed E-state index contributed by atoms with van der Waals surface area (Å²) in [5, 5.41) is 11.7. The first kappa shape index (κ1) is 23.2. The number of hydrogen-bond acceptors (Lipinski definition) is 7. The third-order valence-corrected chi connectivity index (χ3v) is 5.19. The monoisotopic (exact) mass is 451 g/mol. The van der Waals surface area contributed by atoms with Crippen LogP contribution in [0, 0.1) is 5.82 Å². The Bertz CT molecular complexity index is 961. The maximum Gasteiger partial charge on any atom is 0.243 e. The molecule has 0 radical (unpaired) electrons. The summed E-state index contributed by atoms with van der Waals surface area (Å²) in [5.74, 6) is -0.730. The first-order valence-corrected chi connectivity index (χ1v) is 10.4. The summed E-state index contributed by atoms with van der Waals surface area (Å²) in [6.07, 6.45) is 3.08. The Morgan fingerprint density at radius 1 is 1.39 bits per heavy atom. The maximum absolute atomic E-state index is 14.6.